The standard InChI is InChI=1S/C11H15N3O2S3/c1-3-12-7-9-8(2)6-10(18-9)19(15,16)14-11-13-4-5-17-11/h4-6,12H,3,7H2,1-2H3,(H,13,14). The summed E-state index contributed by atoms with van der Waals surface area (Å²) in [6.45, 7) is 5.49. The molecule has 2 rings (SSSR count). The zero-order chi connectivity index (χ0) is 13.9. The molecule has 0 saturated carbocycles. The predicted molar refractivity (Wildman–Crippen MR) is 79.4 cm³/mol. The number of hydrogen-bond donors (Lipinski definition) is 2. The molecule has 8 heteroatoms. The van der Waals surface area contributed by atoms with Gasteiger partial charge in [0.15, 0.2) is 5.13 Å². The van der Waals surface area contributed by atoms with Gasteiger partial charge in [0.05, 0.1) is 0 Å². The second-order valence-electron chi connectivity index (χ2n) is 3.89. The van der Waals surface area contributed by atoms with Crippen molar-refractivity contribution in [2.24, 2.45) is 0 Å². The number of aromatic nitrogens is 1. The molecule has 0 spiro atoms. The number of hydrogen-bond acceptors (Lipinski definition) is 6. The minimum atomic E-state index is -3.52. The van der Waals surface area contributed by atoms with Crippen LogP contribution in [0.5, 0.6) is 0 Å². The maximum atomic E-state index is 12.2. The molecule has 0 unspecified atom stereocenters. The van der Waals surface area contributed by atoms with Crippen LogP contribution in [0, 0.1) is 6.92 Å². The molecule has 2 aromatic rings. The van der Waals surface area contributed by atoms with Crippen LogP contribution in [0.4, 0.5) is 5.13 Å². The van der Waals surface area contributed by atoms with E-state index in [1.54, 1.807) is 17.6 Å². The van der Waals surface area contributed by atoms with E-state index in [0.29, 0.717) is 15.9 Å². The molecule has 104 valence electrons. The summed E-state index contributed by atoms with van der Waals surface area (Å²) in [5.74, 6) is 0. The number of nitrogens with one attached hydrogen (secondary N) is 2. The molecule has 2 aromatic heterocycles. The second-order valence-corrected chi connectivity index (χ2v) is 7.84. The lowest BCUT2D eigenvalue weighted by Gasteiger charge is -2.01. The quantitative estimate of drug-likeness (QED) is 0.858. The van der Waals surface area contributed by atoms with E-state index in [-0.39, 0.29) is 0 Å². The van der Waals surface area contributed by atoms with Crippen LogP contribution in [-0.4, -0.2) is 19.9 Å². The summed E-state index contributed by atoms with van der Waals surface area (Å²) < 4.78 is 27.2. The molecule has 2 heterocycles. The minimum absolute atomic E-state index is 0.327. The van der Waals surface area contributed by atoms with Crippen LogP contribution in [-0.2, 0) is 16.6 Å². The fraction of sp³-hybridized carbons (Fsp3) is 0.364. The fourth-order valence-electron chi connectivity index (χ4n) is 1.47. The summed E-state index contributed by atoms with van der Waals surface area (Å²) in [5.41, 5.74) is 0.991. The number of nitrogens with zero attached hydrogens (tertiary/aromatic N) is 1. The lowest BCUT2D eigenvalue weighted by atomic mass is 10.3. The Hall–Kier alpha value is -0.960. The highest BCUT2D eigenvalue weighted by Crippen LogP contribution is 2.28. The third-order valence-corrected chi connectivity index (χ3v) is 6.32. The third-order valence-electron chi connectivity index (χ3n) is 2.45. The number of thiophene rings is 1. The lowest BCUT2D eigenvalue weighted by Crippen LogP contribution is -2.11. The summed E-state index contributed by atoms with van der Waals surface area (Å²) in [5, 5.41) is 5.32. The molecule has 19 heavy (non-hydrogen) atoms. The molecule has 0 aromatic carbocycles. The van der Waals surface area contributed by atoms with E-state index in [4.69, 9.17) is 0 Å². The van der Waals surface area contributed by atoms with Crippen LogP contribution in [0.2, 0.25) is 0 Å². The van der Waals surface area contributed by atoms with Crippen molar-refractivity contribution in [3.8, 4) is 0 Å². The summed E-state index contributed by atoms with van der Waals surface area (Å²) in [6, 6.07) is 1.70. The minimum Gasteiger partial charge on any atom is -0.312 e. The number of anilines is 1. The maximum Gasteiger partial charge on any atom is 0.273 e. The Balaban J connectivity index is 2.21. The zero-order valence-corrected chi connectivity index (χ0v) is 13.1. The number of rotatable bonds is 6. The first-order chi connectivity index (χ1) is 9.03. The van der Waals surface area contributed by atoms with Gasteiger partial charge in [-0.1, -0.05) is 6.92 Å². The smallest absolute Gasteiger partial charge is 0.273 e. The highest BCUT2D eigenvalue weighted by molar-refractivity contribution is 7.94. The van der Waals surface area contributed by atoms with Gasteiger partial charge >= 0.3 is 0 Å². The Morgan fingerprint density at radius 2 is 2.21 bits per heavy atom. The topological polar surface area (TPSA) is 71.1 Å². The molecular weight excluding hydrogens is 302 g/mol. The van der Waals surface area contributed by atoms with Gasteiger partial charge in [0.2, 0.25) is 0 Å². The highest BCUT2D eigenvalue weighted by Gasteiger charge is 2.19. The fourth-order valence-corrected chi connectivity index (χ4v) is 4.82. The molecule has 0 aliphatic rings. The van der Waals surface area contributed by atoms with E-state index >= 15 is 0 Å². The number of thiazole rings is 1. The largest absolute Gasteiger partial charge is 0.312 e. The van der Waals surface area contributed by atoms with Crippen molar-refractivity contribution in [1.82, 2.24) is 10.3 Å². The first kappa shape index (κ1) is 14.4. The van der Waals surface area contributed by atoms with E-state index in [2.05, 4.69) is 15.0 Å². The molecule has 5 nitrogen and oxygen atoms in total. The van der Waals surface area contributed by atoms with Gasteiger partial charge in [-0.15, -0.1) is 22.7 Å². The summed E-state index contributed by atoms with van der Waals surface area (Å²) >= 11 is 2.55. The SMILES string of the molecule is CCNCc1sc(S(=O)(=O)Nc2nccs2)cc1C. The maximum absolute atomic E-state index is 12.2. The molecule has 0 fully saturated rings. The van der Waals surface area contributed by atoms with Crippen molar-refractivity contribution in [3.63, 3.8) is 0 Å². The van der Waals surface area contributed by atoms with Gasteiger partial charge in [0.25, 0.3) is 10.0 Å². The highest BCUT2D eigenvalue weighted by atomic mass is 32.2. The molecule has 0 aliphatic carbocycles. The summed E-state index contributed by atoms with van der Waals surface area (Å²) in [6.07, 6.45) is 1.57. The Labute approximate surface area is 120 Å². The van der Waals surface area contributed by atoms with Crippen LogP contribution >= 0.6 is 22.7 Å². The average molecular weight is 317 g/mol. The Morgan fingerprint density at radius 1 is 1.42 bits per heavy atom. The molecule has 2 N–H and O–H groups in total. The van der Waals surface area contributed by atoms with Gasteiger partial charge in [-0.3, -0.25) is 4.72 Å². The molecular formula is C11H15N3O2S3. The molecule has 0 saturated heterocycles. The Bertz CT molecular complexity index is 632. The first-order valence-electron chi connectivity index (χ1n) is 5.75. The number of sulfonamides is 1. The van der Waals surface area contributed by atoms with Gasteiger partial charge in [-0.05, 0) is 25.1 Å². The van der Waals surface area contributed by atoms with E-state index in [1.165, 1.54) is 22.7 Å². The summed E-state index contributed by atoms with van der Waals surface area (Å²) in [4.78, 5) is 4.97. The van der Waals surface area contributed by atoms with E-state index in [0.717, 1.165) is 17.0 Å². The van der Waals surface area contributed by atoms with E-state index in [1.807, 2.05) is 13.8 Å². The van der Waals surface area contributed by atoms with E-state index < -0.39 is 10.0 Å². The van der Waals surface area contributed by atoms with Crippen LogP contribution in [0.25, 0.3) is 0 Å². The van der Waals surface area contributed by atoms with Crippen LogP contribution in [0.1, 0.15) is 17.4 Å². The molecule has 0 radical (unpaired) electrons. The van der Waals surface area contributed by atoms with Crippen molar-refractivity contribution < 1.29 is 8.42 Å². The van der Waals surface area contributed by atoms with Gasteiger partial charge in [0.1, 0.15) is 4.21 Å². The van der Waals surface area contributed by atoms with Gasteiger partial charge in [0, 0.05) is 23.0 Å². The third kappa shape index (κ3) is 3.53. The van der Waals surface area contributed by atoms with Crippen molar-refractivity contribution in [2.75, 3.05) is 11.3 Å². The summed E-state index contributed by atoms with van der Waals surface area (Å²) in [7, 11) is -3.52. The van der Waals surface area contributed by atoms with Crippen molar-refractivity contribution >= 4 is 37.8 Å². The molecule has 0 aliphatic heterocycles. The van der Waals surface area contributed by atoms with Crippen molar-refractivity contribution in [2.45, 2.75) is 24.6 Å². The lowest BCUT2D eigenvalue weighted by molar-refractivity contribution is 0.603. The van der Waals surface area contributed by atoms with Gasteiger partial charge in [-0.25, -0.2) is 13.4 Å². The van der Waals surface area contributed by atoms with Crippen LogP contribution < -0.4 is 10.0 Å². The molecule has 0 amide bonds. The van der Waals surface area contributed by atoms with Crippen LogP contribution in [0.15, 0.2) is 21.9 Å². The normalized spacial score (nSPS) is 11.7. The Kier molecular flexibility index (Phi) is 4.56. The van der Waals surface area contributed by atoms with Crippen molar-refractivity contribution in [3.05, 3.63) is 28.1 Å². The monoisotopic (exact) mass is 317 g/mol. The molecule has 0 atom stereocenters. The second kappa shape index (κ2) is 6.00. The average Bonchev–Trinajstić information content (AvgIpc) is 2.96. The number of aryl methyl sites for hydroxylation is 1. The van der Waals surface area contributed by atoms with Crippen molar-refractivity contribution in [1.29, 1.82) is 0 Å². The van der Waals surface area contributed by atoms with Gasteiger partial charge in [-0.2, -0.15) is 0 Å². The first-order valence-corrected chi connectivity index (χ1v) is 8.93. The van der Waals surface area contributed by atoms with Crippen LogP contribution in [0.3, 0.4) is 0 Å². The Morgan fingerprint density at radius 3 is 2.84 bits per heavy atom. The zero-order valence-electron chi connectivity index (χ0n) is 10.6. The van der Waals surface area contributed by atoms with Gasteiger partial charge < -0.3 is 5.32 Å². The molecule has 0 bridgehead atoms. The van der Waals surface area contributed by atoms with E-state index in [9.17, 15) is 8.42 Å². The predicted octanol–water partition coefficient (Wildman–Crippen LogP) is 2.42.